The van der Waals surface area contributed by atoms with Crippen molar-refractivity contribution in [3.05, 3.63) is 19.4 Å². The zero-order valence-corrected chi connectivity index (χ0v) is 7.05. The van der Waals surface area contributed by atoms with Gasteiger partial charge in [0.05, 0.1) is 7.91 Å². The van der Waals surface area contributed by atoms with Crippen molar-refractivity contribution < 1.29 is 0 Å². The lowest BCUT2D eigenvalue weighted by molar-refractivity contribution is 1.95. The molecule has 0 saturated heterocycles. The van der Waals surface area contributed by atoms with Crippen LogP contribution in [-0.4, -0.2) is 0 Å². The molecule has 1 aromatic heterocycles. The molecule has 0 nitrogen and oxygen atoms in total. The Kier molecular flexibility index (Phi) is 1.94. The normalized spacial score (nSPS) is 9.43. The molecule has 0 bridgehead atoms. The van der Waals surface area contributed by atoms with Gasteiger partial charge in [-0.05, 0) is 34.0 Å². The molecular weight excluding hydrogens is 242 g/mol. The lowest BCUT2D eigenvalue weighted by Gasteiger charge is -1.74. The van der Waals surface area contributed by atoms with E-state index in [0.717, 1.165) is 5.02 Å². The Morgan fingerprint density at radius 1 is 1.71 bits per heavy atom. The van der Waals surface area contributed by atoms with Gasteiger partial charge in [-0.2, -0.15) is 0 Å². The third-order valence-electron chi connectivity index (χ3n) is 0.574. The molecule has 1 aromatic rings. The highest BCUT2D eigenvalue weighted by Gasteiger charge is 1.92. The lowest BCUT2D eigenvalue weighted by Crippen LogP contribution is -1.50. The maximum Gasteiger partial charge on any atom is 0.0839 e. The zero-order chi connectivity index (χ0) is 5.28. The molecule has 0 unspecified atom stereocenters. The minimum atomic E-state index is 0.866. The molecule has 0 aliphatic rings. The Bertz CT molecular complexity index is 144. The largest absolute Gasteiger partial charge is 0.136 e. The standard InChI is InChI=1S/C4H2ClIS/c5-3-1-2-7-4(3)6/h1-2H. The zero-order valence-electron chi connectivity index (χ0n) is 3.32. The number of thiophene rings is 1. The number of rotatable bonds is 0. The van der Waals surface area contributed by atoms with Crippen molar-refractivity contribution in [3.8, 4) is 0 Å². The minimum Gasteiger partial charge on any atom is -0.136 e. The molecule has 0 atom stereocenters. The van der Waals surface area contributed by atoms with E-state index in [4.69, 9.17) is 11.6 Å². The van der Waals surface area contributed by atoms with Crippen LogP contribution in [0.2, 0.25) is 5.02 Å². The van der Waals surface area contributed by atoms with E-state index in [1.54, 1.807) is 11.3 Å². The summed E-state index contributed by atoms with van der Waals surface area (Å²) in [5.41, 5.74) is 0. The fourth-order valence-electron chi connectivity index (χ4n) is 0.275. The first-order chi connectivity index (χ1) is 3.30. The summed E-state index contributed by atoms with van der Waals surface area (Å²) >= 11 is 9.49. The summed E-state index contributed by atoms with van der Waals surface area (Å²) in [6, 6.07) is 1.90. The van der Waals surface area contributed by atoms with Crippen molar-refractivity contribution in [2.75, 3.05) is 0 Å². The summed E-state index contributed by atoms with van der Waals surface area (Å²) in [6.07, 6.45) is 0. The fraction of sp³-hybridized carbons (Fsp3) is 0. The Balaban J connectivity index is 3.12. The van der Waals surface area contributed by atoms with Gasteiger partial charge in [0.1, 0.15) is 0 Å². The van der Waals surface area contributed by atoms with E-state index < -0.39 is 0 Å². The second-order valence-corrected chi connectivity index (χ2v) is 4.18. The van der Waals surface area contributed by atoms with Crippen LogP contribution in [0.1, 0.15) is 0 Å². The predicted molar refractivity (Wildman–Crippen MR) is 42.0 cm³/mol. The van der Waals surface area contributed by atoms with Crippen LogP contribution in [0.3, 0.4) is 0 Å². The summed E-state index contributed by atoms with van der Waals surface area (Å²) in [5.74, 6) is 0. The average molecular weight is 244 g/mol. The first-order valence-corrected chi connectivity index (χ1v) is 4.03. The number of hydrogen-bond acceptors (Lipinski definition) is 1. The van der Waals surface area contributed by atoms with Crippen molar-refractivity contribution >= 4 is 45.5 Å². The molecule has 0 N–H and O–H groups in total. The Morgan fingerprint density at radius 2 is 2.43 bits per heavy atom. The van der Waals surface area contributed by atoms with Crippen LogP contribution < -0.4 is 0 Å². The van der Waals surface area contributed by atoms with Crippen LogP contribution in [0, 0.1) is 2.88 Å². The Hall–Kier alpha value is 0.720. The summed E-state index contributed by atoms with van der Waals surface area (Å²) in [4.78, 5) is 0. The molecule has 0 saturated carbocycles. The third-order valence-corrected chi connectivity index (χ3v) is 3.36. The molecule has 0 aromatic carbocycles. The summed E-state index contributed by atoms with van der Waals surface area (Å²) in [5, 5.41) is 2.84. The summed E-state index contributed by atoms with van der Waals surface area (Å²) < 4.78 is 1.17. The van der Waals surface area contributed by atoms with Crippen molar-refractivity contribution in [2.24, 2.45) is 0 Å². The molecule has 0 spiro atoms. The van der Waals surface area contributed by atoms with Gasteiger partial charge in [-0.25, -0.2) is 0 Å². The van der Waals surface area contributed by atoms with E-state index >= 15 is 0 Å². The predicted octanol–water partition coefficient (Wildman–Crippen LogP) is 3.01. The first-order valence-electron chi connectivity index (χ1n) is 1.69. The molecule has 38 valence electrons. The topological polar surface area (TPSA) is 0 Å². The van der Waals surface area contributed by atoms with E-state index in [9.17, 15) is 0 Å². The van der Waals surface area contributed by atoms with E-state index in [2.05, 4.69) is 22.6 Å². The van der Waals surface area contributed by atoms with Crippen LogP contribution in [-0.2, 0) is 0 Å². The van der Waals surface area contributed by atoms with Gasteiger partial charge in [0.15, 0.2) is 0 Å². The van der Waals surface area contributed by atoms with E-state index in [-0.39, 0.29) is 0 Å². The molecular formula is C4H2ClIS. The molecule has 3 heteroatoms. The number of hydrogen-bond donors (Lipinski definition) is 0. The fourth-order valence-corrected chi connectivity index (χ4v) is 1.67. The van der Waals surface area contributed by atoms with Crippen LogP contribution in [0.15, 0.2) is 11.4 Å². The van der Waals surface area contributed by atoms with E-state index in [0.29, 0.717) is 0 Å². The first kappa shape index (κ1) is 5.85. The van der Waals surface area contributed by atoms with Crippen molar-refractivity contribution in [1.29, 1.82) is 0 Å². The van der Waals surface area contributed by atoms with Gasteiger partial charge in [-0.3, -0.25) is 0 Å². The molecule has 0 fully saturated rings. The Morgan fingerprint density at radius 3 is 2.57 bits per heavy atom. The minimum absolute atomic E-state index is 0.866. The maximum absolute atomic E-state index is 5.63. The molecule has 0 amide bonds. The number of halogens is 2. The van der Waals surface area contributed by atoms with Crippen LogP contribution >= 0.6 is 45.5 Å². The van der Waals surface area contributed by atoms with Gasteiger partial charge in [0, 0.05) is 0 Å². The van der Waals surface area contributed by atoms with Gasteiger partial charge in [-0.15, -0.1) is 11.3 Å². The third kappa shape index (κ3) is 1.30. The highest BCUT2D eigenvalue weighted by molar-refractivity contribution is 14.1. The van der Waals surface area contributed by atoms with Crippen LogP contribution in [0.5, 0.6) is 0 Å². The molecule has 1 rings (SSSR count). The van der Waals surface area contributed by atoms with Gasteiger partial charge < -0.3 is 0 Å². The summed E-state index contributed by atoms with van der Waals surface area (Å²) in [7, 11) is 0. The quantitative estimate of drug-likeness (QED) is 0.616. The van der Waals surface area contributed by atoms with Gasteiger partial charge >= 0.3 is 0 Å². The van der Waals surface area contributed by atoms with Gasteiger partial charge in [-0.1, -0.05) is 11.6 Å². The lowest BCUT2D eigenvalue weighted by atomic mass is 10.7. The van der Waals surface area contributed by atoms with Crippen LogP contribution in [0.4, 0.5) is 0 Å². The smallest absolute Gasteiger partial charge is 0.0839 e. The molecule has 0 radical (unpaired) electrons. The maximum atomic E-state index is 5.63. The highest BCUT2D eigenvalue weighted by atomic mass is 127. The van der Waals surface area contributed by atoms with Crippen molar-refractivity contribution in [2.45, 2.75) is 0 Å². The monoisotopic (exact) mass is 244 g/mol. The SMILES string of the molecule is Clc1ccsc1I. The highest BCUT2D eigenvalue weighted by Crippen LogP contribution is 2.22. The van der Waals surface area contributed by atoms with Crippen molar-refractivity contribution in [3.63, 3.8) is 0 Å². The second-order valence-electron chi connectivity index (χ2n) is 1.04. The second kappa shape index (κ2) is 2.33. The van der Waals surface area contributed by atoms with Gasteiger partial charge in [0.2, 0.25) is 0 Å². The van der Waals surface area contributed by atoms with E-state index in [1.807, 2.05) is 11.4 Å². The van der Waals surface area contributed by atoms with E-state index in [1.165, 1.54) is 2.88 Å². The molecule has 0 aliphatic carbocycles. The molecule has 7 heavy (non-hydrogen) atoms. The molecule has 1 heterocycles. The van der Waals surface area contributed by atoms with Crippen molar-refractivity contribution in [1.82, 2.24) is 0 Å². The van der Waals surface area contributed by atoms with Crippen LogP contribution in [0.25, 0.3) is 0 Å². The average Bonchev–Trinajstić information content (AvgIpc) is 1.91. The van der Waals surface area contributed by atoms with Gasteiger partial charge in [0.25, 0.3) is 0 Å². The Labute approximate surface area is 64.6 Å². The molecule has 0 aliphatic heterocycles. The summed E-state index contributed by atoms with van der Waals surface area (Å²) in [6.45, 7) is 0.